The molecule has 1 aliphatic rings. The molecule has 6 nitrogen and oxygen atoms in total. The summed E-state index contributed by atoms with van der Waals surface area (Å²) in [6.45, 7) is 3.39. The van der Waals surface area contributed by atoms with E-state index in [0.717, 1.165) is 43.0 Å². The Balaban J connectivity index is 1.91. The minimum Gasteiger partial charge on any atom is -0.356 e. The zero-order valence-corrected chi connectivity index (χ0v) is 15.3. The van der Waals surface area contributed by atoms with Gasteiger partial charge >= 0.3 is 5.97 Å². The van der Waals surface area contributed by atoms with E-state index in [1.165, 1.54) is 0 Å². The largest absolute Gasteiger partial charge is 0.356 e. The summed E-state index contributed by atoms with van der Waals surface area (Å²) in [5.41, 5.74) is 0. The van der Waals surface area contributed by atoms with Gasteiger partial charge < -0.3 is 10.2 Å². The first-order valence-electron chi connectivity index (χ1n) is 8.15. The summed E-state index contributed by atoms with van der Waals surface area (Å²) >= 11 is 0. The Bertz CT molecular complexity index is 394. The van der Waals surface area contributed by atoms with Gasteiger partial charge in [0.15, 0.2) is 0 Å². The number of rotatable bonds is 12. The van der Waals surface area contributed by atoms with Crippen molar-refractivity contribution < 1.29 is 19.2 Å². The second-order valence-electron chi connectivity index (χ2n) is 5.26. The Hall–Kier alpha value is -0.890. The first kappa shape index (κ1) is 20.2. The minimum absolute atomic E-state index is 0.0844. The van der Waals surface area contributed by atoms with E-state index >= 15 is 0 Å². The summed E-state index contributed by atoms with van der Waals surface area (Å²) in [6.07, 6.45) is 5.29. The lowest BCUT2D eigenvalue weighted by atomic mass is 10.2. The van der Waals surface area contributed by atoms with Crippen LogP contribution in [0.1, 0.15) is 51.9 Å². The third-order valence-electron chi connectivity index (χ3n) is 3.23. The predicted octanol–water partition coefficient (Wildman–Crippen LogP) is 2.54. The molecule has 0 aromatic carbocycles. The highest BCUT2D eigenvalue weighted by Gasteiger charge is 2.23. The van der Waals surface area contributed by atoms with Crippen LogP contribution < -0.4 is 5.32 Å². The number of carbonyl (C=O) groups is 3. The first-order valence-corrected chi connectivity index (χ1v) is 10.6. The molecule has 1 aliphatic heterocycles. The van der Waals surface area contributed by atoms with Crippen LogP contribution in [-0.4, -0.2) is 47.4 Å². The van der Waals surface area contributed by atoms with Gasteiger partial charge in [-0.05, 0) is 12.8 Å². The highest BCUT2D eigenvalue weighted by molar-refractivity contribution is 8.76. The average molecular weight is 363 g/mol. The molecule has 8 heteroatoms. The van der Waals surface area contributed by atoms with Gasteiger partial charge in [0.05, 0.1) is 13.0 Å². The highest BCUT2D eigenvalue weighted by Crippen LogP contribution is 2.23. The predicted molar refractivity (Wildman–Crippen MR) is 93.7 cm³/mol. The summed E-state index contributed by atoms with van der Waals surface area (Å²) < 4.78 is 0. The van der Waals surface area contributed by atoms with Gasteiger partial charge in [-0.2, -0.15) is 5.06 Å². The maximum absolute atomic E-state index is 11.6. The fourth-order valence-electron chi connectivity index (χ4n) is 1.96. The van der Waals surface area contributed by atoms with Gasteiger partial charge in [-0.15, -0.1) is 0 Å². The maximum atomic E-state index is 11.6. The topological polar surface area (TPSA) is 75.7 Å². The number of hydroxylamine groups is 2. The van der Waals surface area contributed by atoms with Crippen LogP contribution in [-0.2, 0) is 19.2 Å². The molecule has 1 N–H and O–H groups in total. The van der Waals surface area contributed by atoms with E-state index in [2.05, 4.69) is 12.2 Å². The van der Waals surface area contributed by atoms with Crippen molar-refractivity contribution in [1.82, 2.24) is 10.4 Å². The first-order chi connectivity index (χ1) is 11.1. The Morgan fingerprint density at radius 1 is 1.22 bits per heavy atom. The van der Waals surface area contributed by atoms with E-state index in [0.29, 0.717) is 25.1 Å². The summed E-state index contributed by atoms with van der Waals surface area (Å²) in [7, 11) is 3.12. The van der Waals surface area contributed by atoms with E-state index in [1.54, 1.807) is 21.6 Å². The lowest BCUT2D eigenvalue weighted by Crippen LogP contribution is -2.28. The van der Waals surface area contributed by atoms with Crippen LogP contribution in [0.5, 0.6) is 0 Å². The number of unbranched alkanes of at least 4 members (excludes halogenated alkanes) is 2. The van der Waals surface area contributed by atoms with Crippen molar-refractivity contribution in [2.45, 2.75) is 51.9 Å². The highest BCUT2D eigenvalue weighted by atomic mass is 33.1. The number of carbonyl (C=O) groups excluding carboxylic acids is 3. The lowest BCUT2D eigenvalue weighted by molar-refractivity contribution is -0.192. The summed E-state index contributed by atoms with van der Waals surface area (Å²) in [4.78, 5) is 39.4. The van der Waals surface area contributed by atoms with Crippen LogP contribution in [0.4, 0.5) is 0 Å². The third-order valence-corrected chi connectivity index (χ3v) is 5.64. The number of nitrogens with zero attached hydrogens (tertiary/aromatic N) is 1. The zero-order valence-electron chi connectivity index (χ0n) is 13.7. The van der Waals surface area contributed by atoms with E-state index in [1.807, 2.05) is 0 Å². The van der Waals surface area contributed by atoms with Gasteiger partial charge in [0.1, 0.15) is 0 Å². The summed E-state index contributed by atoms with van der Waals surface area (Å²) in [5.74, 6) is 0.932. The van der Waals surface area contributed by atoms with Gasteiger partial charge in [0.2, 0.25) is 5.91 Å². The van der Waals surface area contributed by atoms with E-state index in [9.17, 15) is 14.4 Å². The molecule has 1 saturated heterocycles. The smallest absolute Gasteiger partial charge is 0.333 e. The fraction of sp³-hybridized carbons (Fsp3) is 0.800. The van der Waals surface area contributed by atoms with Crippen LogP contribution in [0.3, 0.4) is 0 Å². The molecule has 0 aromatic rings. The Morgan fingerprint density at radius 3 is 2.61 bits per heavy atom. The van der Waals surface area contributed by atoms with Crippen LogP contribution in [0, 0.1) is 0 Å². The van der Waals surface area contributed by atoms with E-state index in [4.69, 9.17) is 4.84 Å². The van der Waals surface area contributed by atoms with E-state index in [-0.39, 0.29) is 24.2 Å². The molecule has 0 atom stereocenters. The molecule has 0 saturated carbocycles. The van der Waals surface area contributed by atoms with Crippen molar-refractivity contribution in [3.05, 3.63) is 0 Å². The second kappa shape index (κ2) is 12.5. The van der Waals surface area contributed by atoms with Crippen LogP contribution in [0.2, 0.25) is 0 Å². The van der Waals surface area contributed by atoms with Crippen molar-refractivity contribution in [1.29, 1.82) is 0 Å². The maximum Gasteiger partial charge on any atom is 0.333 e. The molecule has 23 heavy (non-hydrogen) atoms. The molecule has 0 unspecified atom stereocenters. The lowest BCUT2D eigenvalue weighted by Gasteiger charge is -2.13. The van der Waals surface area contributed by atoms with E-state index < -0.39 is 0 Å². The summed E-state index contributed by atoms with van der Waals surface area (Å²) in [6, 6.07) is 0. The molecule has 1 rings (SSSR count). The Kier molecular flexibility index (Phi) is 11.0. The third kappa shape index (κ3) is 9.76. The molecule has 0 bridgehead atoms. The molecule has 132 valence electrons. The van der Waals surface area contributed by atoms with Crippen LogP contribution in [0.15, 0.2) is 0 Å². The summed E-state index contributed by atoms with van der Waals surface area (Å²) in [5, 5.41) is 4.05. The molecule has 0 radical (unpaired) electrons. The number of amides is 2. The van der Waals surface area contributed by atoms with Crippen LogP contribution >= 0.6 is 21.6 Å². The fourth-order valence-corrected chi connectivity index (χ4v) is 3.92. The number of hydrogen-bond acceptors (Lipinski definition) is 6. The molecule has 1 fully saturated rings. The normalized spacial score (nSPS) is 14.1. The molecule has 2 amide bonds. The monoisotopic (exact) mass is 362 g/mol. The van der Waals surface area contributed by atoms with Gasteiger partial charge in [0.25, 0.3) is 5.91 Å². The van der Waals surface area contributed by atoms with Crippen molar-refractivity contribution in [3.8, 4) is 0 Å². The van der Waals surface area contributed by atoms with Crippen LogP contribution in [0.25, 0.3) is 0 Å². The van der Waals surface area contributed by atoms with Crippen molar-refractivity contribution in [2.75, 3.05) is 24.6 Å². The SMILES string of the molecule is CCCCCNC(=O)CCSSCCC(=O)ON1CCCC1=O. The Labute approximate surface area is 145 Å². The number of nitrogens with one attached hydrogen (secondary N) is 1. The second-order valence-corrected chi connectivity index (χ2v) is 7.97. The molecule has 0 spiro atoms. The Morgan fingerprint density at radius 2 is 1.96 bits per heavy atom. The number of hydrogen-bond donors (Lipinski definition) is 1. The van der Waals surface area contributed by atoms with Gasteiger partial charge in [-0.25, -0.2) is 4.79 Å². The van der Waals surface area contributed by atoms with Crippen molar-refractivity contribution >= 4 is 39.4 Å². The molecular formula is C15H26N2O4S2. The molecule has 0 aromatic heterocycles. The molecule has 0 aliphatic carbocycles. The molecular weight excluding hydrogens is 336 g/mol. The van der Waals surface area contributed by atoms with Crippen molar-refractivity contribution in [2.24, 2.45) is 0 Å². The van der Waals surface area contributed by atoms with Gasteiger partial charge in [0, 0.05) is 30.9 Å². The van der Waals surface area contributed by atoms with Gasteiger partial charge in [-0.1, -0.05) is 41.4 Å². The van der Waals surface area contributed by atoms with Crippen molar-refractivity contribution in [3.63, 3.8) is 0 Å². The standard InChI is InChI=1S/C15H26N2O4S2/c1-2-3-4-9-16-13(18)7-11-22-23-12-8-15(20)21-17-10-5-6-14(17)19/h2-12H2,1H3,(H,16,18). The average Bonchev–Trinajstić information content (AvgIpc) is 2.92. The quantitative estimate of drug-likeness (QED) is 0.425. The van der Waals surface area contributed by atoms with Gasteiger partial charge in [-0.3, -0.25) is 9.59 Å². The minimum atomic E-state index is -0.373. The molecule has 1 heterocycles. The zero-order chi connectivity index (χ0) is 16.9.